The molecule has 0 bridgehead atoms. The van der Waals surface area contributed by atoms with E-state index in [4.69, 9.17) is 0 Å². The maximum Gasteiger partial charge on any atom is 0.405 e. The molecule has 8 nitrogen and oxygen atoms in total. The Morgan fingerprint density at radius 2 is 1.86 bits per heavy atom. The van der Waals surface area contributed by atoms with Crippen LogP contribution in [0.5, 0.6) is 0 Å². The lowest BCUT2D eigenvalue weighted by Gasteiger charge is -2.22. The smallest absolute Gasteiger partial charge is 0.405 e. The highest BCUT2D eigenvalue weighted by Gasteiger charge is 2.24. The summed E-state index contributed by atoms with van der Waals surface area (Å²) in [5.41, 5.74) is 1.21. The molecule has 0 radical (unpaired) electrons. The molecule has 2 heterocycles. The van der Waals surface area contributed by atoms with Crippen LogP contribution in [0.4, 0.5) is 13.6 Å². The highest BCUT2D eigenvalue weighted by Crippen LogP contribution is 2.24. The number of carboxylic acid groups (broad SMARTS) is 1. The number of amides is 1. The first-order chi connectivity index (χ1) is 17.2. The number of rotatable bonds is 6. The number of pyridine rings is 1. The van der Waals surface area contributed by atoms with Crippen molar-refractivity contribution in [1.29, 1.82) is 5.26 Å². The predicted molar refractivity (Wildman–Crippen MR) is 128 cm³/mol. The van der Waals surface area contributed by atoms with E-state index in [1.807, 2.05) is 19.9 Å². The molecule has 1 amide bonds. The molecule has 2 aromatic heterocycles. The molecule has 182 valence electrons. The van der Waals surface area contributed by atoms with Crippen LogP contribution in [-0.2, 0) is 6.42 Å². The van der Waals surface area contributed by atoms with Crippen LogP contribution >= 0.6 is 0 Å². The molecule has 2 N–H and O–H groups in total. The predicted octanol–water partition coefficient (Wildman–Crippen LogP) is 4.61. The molecule has 1 atom stereocenters. The molecule has 0 aliphatic carbocycles. The van der Waals surface area contributed by atoms with Crippen molar-refractivity contribution in [1.82, 2.24) is 19.9 Å². The molecule has 2 aromatic carbocycles. The largest absolute Gasteiger partial charge is 0.465 e. The Morgan fingerprint density at radius 3 is 2.44 bits per heavy atom. The van der Waals surface area contributed by atoms with E-state index < -0.39 is 29.3 Å². The molecule has 36 heavy (non-hydrogen) atoms. The number of benzene rings is 2. The second-order valence-electron chi connectivity index (χ2n) is 8.53. The number of carbonyl (C=O) groups is 1. The molecule has 1 unspecified atom stereocenters. The minimum absolute atomic E-state index is 0.0197. The maximum atomic E-state index is 13.9. The highest BCUT2D eigenvalue weighted by molar-refractivity contribution is 5.79. The van der Waals surface area contributed by atoms with Gasteiger partial charge in [0, 0.05) is 18.2 Å². The molecule has 0 saturated heterocycles. The minimum Gasteiger partial charge on any atom is -0.465 e. The number of nitrogens with one attached hydrogen (secondary N) is 1. The fourth-order valence-corrected chi connectivity index (χ4v) is 3.95. The maximum absolute atomic E-state index is 13.9. The number of aromatic nitrogens is 3. The van der Waals surface area contributed by atoms with Crippen molar-refractivity contribution in [2.75, 3.05) is 0 Å². The molecule has 4 rings (SSSR count). The summed E-state index contributed by atoms with van der Waals surface area (Å²) < 4.78 is 28.9. The van der Waals surface area contributed by atoms with Gasteiger partial charge < -0.3 is 10.4 Å². The average Bonchev–Trinajstić information content (AvgIpc) is 2.82. The standard InChI is InChI=1S/C26H21F2N5O3/c1-14(2)21-6-4-19(13-30-21)33-24(31-22-9-15(12-29)3-5-20(22)25(33)34)23(32-26(35)36)10-16-7-17(27)11-18(28)8-16/h3-9,11,13-14,23,32H,10H2,1-2H3,(H,35,36). The Bertz CT molecular complexity index is 1540. The fraction of sp³-hybridized carbons (Fsp3) is 0.192. The molecule has 0 aliphatic rings. The summed E-state index contributed by atoms with van der Waals surface area (Å²) in [6, 6.07) is 11.5. The normalized spacial score (nSPS) is 11.9. The van der Waals surface area contributed by atoms with E-state index in [9.17, 15) is 28.7 Å². The van der Waals surface area contributed by atoms with Crippen molar-refractivity contribution < 1.29 is 18.7 Å². The van der Waals surface area contributed by atoms with Crippen molar-refractivity contribution in [2.45, 2.75) is 32.2 Å². The van der Waals surface area contributed by atoms with Crippen molar-refractivity contribution in [3.63, 3.8) is 0 Å². The van der Waals surface area contributed by atoms with E-state index in [2.05, 4.69) is 15.3 Å². The Morgan fingerprint density at radius 1 is 1.14 bits per heavy atom. The van der Waals surface area contributed by atoms with Crippen LogP contribution in [0.15, 0.2) is 59.5 Å². The lowest BCUT2D eigenvalue weighted by Crippen LogP contribution is -2.35. The number of nitriles is 1. The minimum atomic E-state index is -1.42. The summed E-state index contributed by atoms with van der Waals surface area (Å²) in [5.74, 6) is -1.53. The van der Waals surface area contributed by atoms with Crippen molar-refractivity contribution in [2.24, 2.45) is 0 Å². The summed E-state index contributed by atoms with van der Waals surface area (Å²) in [7, 11) is 0. The van der Waals surface area contributed by atoms with Crippen molar-refractivity contribution in [3.05, 3.63) is 99.4 Å². The van der Waals surface area contributed by atoms with E-state index in [1.165, 1.54) is 29.0 Å². The monoisotopic (exact) mass is 489 g/mol. The van der Waals surface area contributed by atoms with E-state index in [0.717, 1.165) is 17.8 Å². The highest BCUT2D eigenvalue weighted by atomic mass is 19.1. The Kier molecular flexibility index (Phi) is 6.74. The van der Waals surface area contributed by atoms with Gasteiger partial charge >= 0.3 is 6.09 Å². The first-order valence-corrected chi connectivity index (χ1v) is 11.0. The summed E-state index contributed by atoms with van der Waals surface area (Å²) in [6.45, 7) is 3.93. The lowest BCUT2D eigenvalue weighted by atomic mass is 10.0. The molecule has 4 aromatic rings. The van der Waals surface area contributed by atoms with Gasteiger partial charge in [0.1, 0.15) is 17.5 Å². The van der Waals surface area contributed by atoms with Gasteiger partial charge in [-0.15, -0.1) is 0 Å². The molecule has 0 saturated carbocycles. The van der Waals surface area contributed by atoms with Crippen molar-refractivity contribution >= 4 is 17.0 Å². The molecular weight excluding hydrogens is 468 g/mol. The summed E-state index contributed by atoms with van der Waals surface area (Å²) >= 11 is 0. The van der Waals surface area contributed by atoms with Crippen LogP contribution in [0.1, 0.15) is 48.5 Å². The number of hydrogen-bond donors (Lipinski definition) is 2. The molecule has 0 spiro atoms. The van der Waals surface area contributed by atoms with Crippen molar-refractivity contribution in [3.8, 4) is 11.8 Å². The Hall–Kier alpha value is -4.65. The van der Waals surface area contributed by atoms with E-state index >= 15 is 0 Å². The SMILES string of the molecule is CC(C)c1ccc(-n2c(C(Cc3cc(F)cc(F)c3)NC(=O)O)nc3cc(C#N)ccc3c2=O)cn1. The second kappa shape index (κ2) is 9.92. The van der Waals surface area contributed by atoms with Crippen LogP contribution in [0, 0.1) is 23.0 Å². The topological polar surface area (TPSA) is 121 Å². The first kappa shape index (κ1) is 24.5. The van der Waals surface area contributed by atoms with Gasteiger partial charge in [-0.05, 0) is 53.9 Å². The zero-order valence-corrected chi connectivity index (χ0v) is 19.4. The Labute approximate surface area is 204 Å². The van der Waals surface area contributed by atoms with Gasteiger partial charge in [-0.25, -0.2) is 18.6 Å². The van der Waals surface area contributed by atoms with Crippen LogP contribution < -0.4 is 10.9 Å². The number of nitrogens with zero attached hydrogens (tertiary/aromatic N) is 4. The van der Waals surface area contributed by atoms with Crippen LogP contribution in [0.25, 0.3) is 16.6 Å². The molecule has 0 aliphatic heterocycles. The van der Waals surface area contributed by atoms with Crippen LogP contribution in [0.3, 0.4) is 0 Å². The van der Waals surface area contributed by atoms with Gasteiger partial charge in [-0.3, -0.25) is 14.3 Å². The summed E-state index contributed by atoms with van der Waals surface area (Å²) in [6.07, 6.45) is -0.136. The molecular formula is C26H21F2N5O3. The fourth-order valence-electron chi connectivity index (χ4n) is 3.95. The third-order valence-corrected chi connectivity index (χ3v) is 5.62. The van der Waals surface area contributed by atoms with Gasteiger partial charge in [0.15, 0.2) is 0 Å². The number of hydrogen-bond acceptors (Lipinski definition) is 5. The average molecular weight is 489 g/mol. The number of fused-ring (bicyclic) bond motifs is 1. The lowest BCUT2D eigenvalue weighted by molar-refractivity contribution is 0.189. The zero-order chi connectivity index (χ0) is 26.0. The third kappa shape index (κ3) is 5.05. The van der Waals surface area contributed by atoms with Gasteiger partial charge in [0.25, 0.3) is 5.56 Å². The van der Waals surface area contributed by atoms with Crippen LogP contribution in [-0.4, -0.2) is 25.7 Å². The second-order valence-corrected chi connectivity index (χ2v) is 8.53. The third-order valence-electron chi connectivity index (χ3n) is 5.62. The summed E-state index contributed by atoms with van der Waals surface area (Å²) in [4.78, 5) is 34.3. The van der Waals surface area contributed by atoms with E-state index in [-0.39, 0.29) is 40.2 Å². The molecule has 10 heteroatoms. The van der Waals surface area contributed by atoms with Gasteiger partial charge in [-0.1, -0.05) is 13.8 Å². The first-order valence-electron chi connectivity index (χ1n) is 11.0. The van der Waals surface area contributed by atoms with E-state index in [0.29, 0.717) is 11.8 Å². The van der Waals surface area contributed by atoms with Gasteiger partial charge in [0.05, 0.1) is 40.5 Å². The number of halogens is 2. The zero-order valence-electron chi connectivity index (χ0n) is 19.4. The summed E-state index contributed by atoms with van der Waals surface area (Å²) in [5, 5.41) is 21.3. The van der Waals surface area contributed by atoms with Gasteiger partial charge in [0.2, 0.25) is 0 Å². The Balaban J connectivity index is 1.98. The van der Waals surface area contributed by atoms with Crippen LogP contribution in [0.2, 0.25) is 0 Å². The quantitative estimate of drug-likeness (QED) is 0.408. The van der Waals surface area contributed by atoms with Gasteiger partial charge in [-0.2, -0.15) is 5.26 Å². The van der Waals surface area contributed by atoms with E-state index in [1.54, 1.807) is 12.1 Å². The molecule has 0 fully saturated rings.